The fraction of sp³-hybridized carbons (Fsp3) is 0.333. The van der Waals surface area contributed by atoms with E-state index in [2.05, 4.69) is 0 Å². The van der Waals surface area contributed by atoms with Gasteiger partial charge in [0.15, 0.2) is 0 Å². The number of hydrogen-bond acceptors (Lipinski definition) is 3. The van der Waals surface area contributed by atoms with Gasteiger partial charge in [-0.15, -0.1) is 0 Å². The van der Waals surface area contributed by atoms with Crippen molar-refractivity contribution >= 4 is 12.4 Å². The monoisotopic (exact) mass is 275 g/mol. The van der Waals surface area contributed by atoms with Crippen LogP contribution >= 0.6 is 0 Å². The molecule has 106 valence electrons. The minimum absolute atomic E-state index is 0.432. The Balaban J connectivity index is 2.43. The van der Waals surface area contributed by atoms with Crippen molar-refractivity contribution in [3.05, 3.63) is 48.0 Å². The Bertz CT molecular complexity index is 524. The van der Waals surface area contributed by atoms with Crippen molar-refractivity contribution in [1.82, 2.24) is 4.90 Å². The first-order valence-electron chi connectivity index (χ1n) is 6.34. The number of benzene rings is 1. The molecule has 0 spiro atoms. The molecule has 5 heteroatoms. The zero-order valence-electron chi connectivity index (χ0n) is 11.4. The Kier molecular flexibility index (Phi) is 3.90. The molecule has 1 amide bonds. The molecule has 0 saturated carbocycles. The number of amides is 1. The van der Waals surface area contributed by atoms with E-state index < -0.39 is 24.0 Å². The summed E-state index contributed by atoms with van der Waals surface area (Å²) in [5, 5.41) is 9.41. The van der Waals surface area contributed by atoms with Gasteiger partial charge in [-0.1, -0.05) is 36.4 Å². The number of nitrogens with zero attached hydrogens (tertiary/aromatic N) is 1. The fourth-order valence-electron chi connectivity index (χ4n) is 2.54. The van der Waals surface area contributed by atoms with Gasteiger partial charge in [-0.05, 0) is 25.5 Å². The lowest BCUT2D eigenvalue weighted by Crippen LogP contribution is -2.46. The second-order valence-electron chi connectivity index (χ2n) is 5.06. The third kappa shape index (κ3) is 2.58. The van der Waals surface area contributed by atoms with E-state index in [1.807, 2.05) is 30.3 Å². The summed E-state index contributed by atoms with van der Waals surface area (Å²) < 4.78 is 5.90. The van der Waals surface area contributed by atoms with Gasteiger partial charge in [-0.25, -0.2) is 4.79 Å². The molecule has 1 aliphatic heterocycles. The van der Waals surface area contributed by atoms with Gasteiger partial charge in [-0.3, -0.25) is 9.69 Å². The van der Waals surface area contributed by atoms with Crippen molar-refractivity contribution in [1.29, 1.82) is 0 Å². The van der Waals surface area contributed by atoms with E-state index in [-0.39, 0.29) is 0 Å². The molecule has 1 fully saturated rings. The first-order chi connectivity index (χ1) is 9.47. The summed E-state index contributed by atoms with van der Waals surface area (Å²) in [4.78, 5) is 23.3. The topological polar surface area (TPSA) is 66.8 Å². The summed E-state index contributed by atoms with van der Waals surface area (Å²) in [5.74, 6) is 0. The number of rotatable bonds is 3. The Hall–Kier alpha value is -2.14. The van der Waals surface area contributed by atoms with Crippen molar-refractivity contribution in [3.63, 3.8) is 0 Å². The molecule has 0 aromatic heterocycles. The van der Waals surface area contributed by atoms with Gasteiger partial charge in [-0.2, -0.15) is 0 Å². The zero-order valence-corrected chi connectivity index (χ0v) is 11.4. The van der Waals surface area contributed by atoms with Gasteiger partial charge >= 0.3 is 6.09 Å². The number of carboxylic acid groups (broad SMARTS) is 1. The summed E-state index contributed by atoms with van der Waals surface area (Å²) >= 11 is 0. The lowest BCUT2D eigenvalue weighted by molar-refractivity contribution is -0.104. The molecule has 1 aliphatic rings. The third-order valence-electron chi connectivity index (χ3n) is 3.32. The maximum absolute atomic E-state index is 11.5. The smallest absolute Gasteiger partial charge is 0.410 e. The van der Waals surface area contributed by atoms with Crippen LogP contribution in [0.25, 0.3) is 0 Å². The highest BCUT2D eigenvalue weighted by atomic mass is 16.6. The quantitative estimate of drug-likeness (QED) is 0.680. The van der Waals surface area contributed by atoms with Gasteiger partial charge in [0.1, 0.15) is 18.1 Å². The van der Waals surface area contributed by atoms with E-state index >= 15 is 0 Å². The SMILES string of the molecule is CC1(C)O[C@H](c2ccccc2)[C@@H](/C=C/C=O)N1C(=O)O. The molecular formula is C15H17NO4. The number of carbonyl (C=O) groups is 2. The molecule has 0 aliphatic carbocycles. The molecule has 2 atom stereocenters. The van der Waals surface area contributed by atoms with Crippen LogP contribution in [0.1, 0.15) is 25.5 Å². The first-order valence-corrected chi connectivity index (χ1v) is 6.34. The summed E-state index contributed by atoms with van der Waals surface area (Å²) in [7, 11) is 0. The maximum atomic E-state index is 11.5. The minimum Gasteiger partial charge on any atom is -0.465 e. The molecule has 1 saturated heterocycles. The van der Waals surface area contributed by atoms with Crippen LogP contribution in [0.2, 0.25) is 0 Å². The number of carbonyl (C=O) groups excluding carboxylic acids is 1. The highest BCUT2D eigenvalue weighted by molar-refractivity contribution is 5.69. The average Bonchev–Trinajstić information content (AvgIpc) is 2.68. The van der Waals surface area contributed by atoms with Crippen LogP contribution in [0.3, 0.4) is 0 Å². The van der Waals surface area contributed by atoms with Crippen LogP contribution in [0.15, 0.2) is 42.5 Å². The van der Waals surface area contributed by atoms with E-state index in [4.69, 9.17) is 4.74 Å². The minimum atomic E-state index is -1.08. The summed E-state index contributed by atoms with van der Waals surface area (Å²) in [5.41, 5.74) is -0.0746. The van der Waals surface area contributed by atoms with Gasteiger partial charge in [0.2, 0.25) is 0 Å². The van der Waals surface area contributed by atoms with Crippen molar-refractivity contribution in [2.75, 3.05) is 0 Å². The molecule has 0 bridgehead atoms. The van der Waals surface area contributed by atoms with E-state index in [0.717, 1.165) is 5.56 Å². The van der Waals surface area contributed by atoms with Crippen LogP contribution in [0, 0.1) is 0 Å². The molecule has 1 heterocycles. The van der Waals surface area contributed by atoms with Crippen molar-refractivity contribution < 1.29 is 19.4 Å². The molecule has 1 aromatic carbocycles. The van der Waals surface area contributed by atoms with Crippen molar-refractivity contribution in [2.45, 2.75) is 31.7 Å². The number of ether oxygens (including phenoxy) is 1. The van der Waals surface area contributed by atoms with Gasteiger partial charge in [0.05, 0.1) is 6.04 Å². The zero-order chi connectivity index (χ0) is 14.8. The summed E-state index contributed by atoms with van der Waals surface area (Å²) in [6.07, 6.45) is 2.00. The molecule has 1 N–H and O–H groups in total. The highest BCUT2D eigenvalue weighted by Crippen LogP contribution is 2.41. The van der Waals surface area contributed by atoms with Gasteiger partial charge < -0.3 is 9.84 Å². The number of allylic oxidation sites excluding steroid dienone is 1. The molecule has 20 heavy (non-hydrogen) atoms. The number of hydrogen-bond donors (Lipinski definition) is 1. The van der Waals surface area contributed by atoms with Crippen LogP contribution in [0.5, 0.6) is 0 Å². The van der Waals surface area contributed by atoms with Crippen LogP contribution in [-0.4, -0.2) is 34.2 Å². The second kappa shape index (κ2) is 5.46. The molecule has 0 radical (unpaired) electrons. The predicted octanol–water partition coefficient (Wildman–Crippen LogP) is 2.60. The molecule has 0 unspecified atom stereocenters. The lowest BCUT2D eigenvalue weighted by Gasteiger charge is -2.29. The van der Waals surface area contributed by atoms with Crippen LogP contribution < -0.4 is 0 Å². The molecule has 5 nitrogen and oxygen atoms in total. The second-order valence-corrected chi connectivity index (χ2v) is 5.06. The Morgan fingerprint density at radius 2 is 2.00 bits per heavy atom. The normalized spacial score (nSPS) is 25.0. The Labute approximate surface area is 117 Å². The fourth-order valence-corrected chi connectivity index (χ4v) is 2.54. The van der Waals surface area contributed by atoms with E-state index in [0.29, 0.717) is 6.29 Å². The lowest BCUT2D eigenvalue weighted by atomic mass is 10.0. The largest absolute Gasteiger partial charge is 0.465 e. The first kappa shape index (κ1) is 14.3. The Morgan fingerprint density at radius 1 is 1.35 bits per heavy atom. The van der Waals surface area contributed by atoms with Crippen molar-refractivity contribution in [2.24, 2.45) is 0 Å². The highest BCUT2D eigenvalue weighted by Gasteiger charge is 2.49. The van der Waals surface area contributed by atoms with E-state index in [9.17, 15) is 14.7 Å². The van der Waals surface area contributed by atoms with Gasteiger partial charge in [0.25, 0.3) is 0 Å². The molecular weight excluding hydrogens is 258 g/mol. The Morgan fingerprint density at radius 3 is 2.55 bits per heavy atom. The summed E-state index contributed by atoms with van der Waals surface area (Å²) in [6.45, 7) is 3.40. The average molecular weight is 275 g/mol. The van der Waals surface area contributed by atoms with Crippen molar-refractivity contribution in [3.8, 4) is 0 Å². The molecule has 2 rings (SSSR count). The van der Waals surface area contributed by atoms with E-state index in [1.165, 1.54) is 11.0 Å². The van der Waals surface area contributed by atoms with E-state index in [1.54, 1.807) is 19.9 Å². The molecule has 1 aromatic rings. The standard InChI is InChI=1S/C15H17NO4/c1-15(2)16(14(18)19)12(9-6-10-17)13(20-15)11-7-4-3-5-8-11/h3-10,12-13H,1-2H3,(H,18,19)/b9-6+/t12-,13-/m1/s1. The number of aldehydes is 1. The van der Waals surface area contributed by atoms with Crippen LogP contribution in [0.4, 0.5) is 4.79 Å². The maximum Gasteiger partial charge on any atom is 0.410 e. The third-order valence-corrected chi connectivity index (χ3v) is 3.32. The predicted molar refractivity (Wildman–Crippen MR) is 73.2 cm³/mol. The van der Waals surface area contributed by atoms with Gasteiger partial charge in [0, 0.05) is 0 Å². The summed E-state index contributed by atoms with van der Waals surface area (Å²) in [6, 6.07) is 8.86. The van der Waals surface area contributed by atoms with Crippen LogP contribution in [-0.2, 0) is 9.53 Å².